The highest BCUT2D eigenvalue weighted by molar-refractivity contribution is 6.30. The van der Waals surface area contributed by atoms with E-state index in [-0.39, 0.29) is 0 Å². The highest BCUT2D eigenvalue weighted by Gasteiger charge is 1.98. The average molecular weight is 320 g/mol. The van der Waals surface area contributed by atoms with Gasteiger partial charge in [0.2, 0.25) is 0 Å². The second kappa shape index (κ2) is 9.21. The minimum Gasteiger partial charge on any atom is -0.494 e. The summed E-state index contributed by atoms with van der Waals surface area (Å²) >= 11 is 5.83. The molecule has 2 rings (SSSR count). The largest absolute Gasteiger partial charge is 0.494 e. The number of hydrogen-bond donors (Lipinski definition) is 1. The molecule has 0 heterocycles. The summed E-state index contributed by atoms with van der Waals surface area (Å²) in [6.07, 6.45) is 2.21. The number of benzene rings is 2. The Balaban J connectivity index is 1.72. The van der Waals surface area contributed by atoms with E-state index in [9.17, 15) is 0 Å². The molecule has 0 radical (unpaired) electrons. The van der Waals surface area contributed by atoms with Gasteiger partial charge in [0.25, 0.3) is 0 Å². The molecule has 1 N–H and O–H groups in total. The standard InChI is InChI=1S/C18H22ClNO2/c1-2-3-12-21-18-6-4-5-16(14-18)20-11-13-22-17-9-7-15(19)8-10-17/h4-10,14,20H,2-3,11-13H2,1H3. The summed E-state index contributed by atoms with van der Waals surface area (Å²) in [4.78, 5) is 0. The molecule has 118 valence electrons. The predicted octanol–water partition coefficient (Wildman–Crippen LogP) is 5.01. The predicted molar refractivity (Wildman–Crippen MR) is 92.3 cm³/mol. The molecule has 0 saturated carbocycles. The normalized spacial score (nSPS) is 10.3. The lowest BCUT2D eigenvalue weighted by Gasteiger charge is -2.10. The fourth-order valence-electron chi connectivity index (χ4n) is 1.93. The van der Waals surface area contributed by atoms with Crippen LogP contribution in [0.5, 0.6) is 11.5 Å². The molecule has 0 atom stereocenters. The summed E-state index contributed by atoms with van der Waals surface area (Å²) in [5.74, 6) is 1.72. The van der Waals surface area contributed by atoms with Gasteiger partial charge in [0.15, 0.2) is 0 Å². The third-order valence-electron chi connectivity index (χ3n) is 3.11. The summed E-state index contributed by atoms with van der Waals surface area (Å²) in [5, 5.41) is 4.04. The zero-order valence-electron chi connectivity index (χ0n) is 12.8. The van der Waals surface area contributed by atoms with Gasteiger partial charge in [-0.3, -0.25) is 0 Å². The first-order chi connectivity index (χ1) is 10.8. The van der Waals surface area contributed by atoms with E-state index in [2.05, 4.69) is 12.2 Å². The van der Waals surface area contributed by atoms with Crippen molar-refractivity contribution < 1.29 is 9.47 Å². The Morgan fingerprint density at radius 3 is 2.50 bits per heavy atom. The average Bonchev–Trinajstić information content (AvgIpc) is 2.54. The van der Waals surface area contributed by atoms with Gasteiger partial charge in [-0.05, 0) is 42.8 Å². The van der Waals surface area contributed by atoms with Gasteiger partial charge in [-0.25, -0.2) is 0 Å². The molecule has 0 aliphatic rings. The fourth-order valence-corrected chi connectivity index (χ4v) is 2.05. The van der Waals surface area contributed by atoms with Crippen LogP contribution in [0.3, 0.4) is 0 Å². The topological polar surface area (TPSA) is 30.5 Å². The first-order valence-corrected chi connectivity index (χ1v) is 8.01. The van der Waals surface area contributed by atoms with Crippen LogP contribution in [0.1, 0.15) is 19.8 Å². The summed E-state index contributed by atoms with van der Waals surface area (Å²) in [6, 6.07) is 15.4. The van der Waals surface area contributed by atoms with E-state index < -0.39 is 0 Å². The molecule has 0 saturated heterocycles. The molecule has 0 aliphatic carbocycles. The summed E-state index contributed by atoms with van der Waals surface area (Å²) < 4.78 is 11.3. The molecule has 0 spiro atoms. The number of ether oxygens (including phenoxy) is 2. The lowest BCUT2D eigenvalue weighted by Crippen LogP contribution is -2.11. The van der Waals surface area contributed by atoms with Crippen LogP contribution in [0.4, 0.5) is 5.69 Å². The molecule has 3 nitrogen and oxygen atoms in total. The fraction of sp³-hybridized carbons (Fsp3) is 0.333. The first kappa shape index (κ1) is 16.5. The lowest BCUT2D eigenvalue weighted by molar-refractivity contribution is 0.309. The molecule has 0 unspecified atom stereocenters. The molecule has 0 amide bonds. The zero-order chi connectivity index (χ0) is 15.6. The summed E-state index contributed by atoms with van der Waals surface area (Å²) in [7, 11) is 0. The Hall–Kier alpha value is -1.87. The highest BCUT2D eigenvalue weighted by atomic mass is 35.5. The molecule has 2 aromatic carbocycles. The van der Waals surface area contributed by atoms with Crippen molar-refractivity contribution in [2.24, 2.45) is 0 Å². The number of unbranched alkanes of at least 4 members (excludes halogenated alkanes) is 1. The van der Waals surface area contributed by atoms with Crippen molar-refractivity contribution in [3.63, 3.8) is 0 Å². The van der Waals surface area contributed by atoms with Crippen LogP contribution >= 0.6 is 11.6 Å². The van der Waals surface area contributed by atoms with E-state index in [4.69, 9.17) is 21.1 Å². The first-order valence-electron chi connectivity index (χ1n) is 7.63. The minimum absolute atomic E-state index is 0.586. The number of rotatable bonds is 9. The van der Waals surface area contributed by atoms with Crippen LogP contribution < -0.4 is 14.8 Å². The molecule has 0 bridgehead atoms. The maximum atomic E-state index is 5.83. The van der Waals surface area contributed by atoms with Crippen LogP contribution in [0.15, 0.2) is 48.5 Å². The van der Waals surface area contributed by atoms with Crippen LogP contribution in [0, 0.1) is 0 Å². The van der Waals surface area contributed by atoms with Crippen molar-refractivity contribution in [2.45, 2.75) is 19.8 Å². The van der Waals surface area contributed by atoms with Gasteiger partial charge in [-0.2, -0.15) is 0 Å². The van der Waals surface area contributed by atoms with Gasteiger partial charge < -0.3 is 14.8 Å². The van der Waals surface area contributed by atoms with Gasteiger partial charge in [-0.1, -0.05) is 31.0 Å². The number of anilines is 1. The maximum absolute atomic E-state index is 5.83. The van der Waals surface area contributed by atoms with Crippen LogP contribution in [-0.4, -0.2) is 19.8 Å². The number of nitrogens with one attached hydrogen (secondary N) is 1. The molecule has 22 heavy (non-hydrogen) atoms. The summed E-state index contributed by atoms with van der Waals surface area (Å²) in [5.41, 5.74) is 1.04. The van der Waals surface area contributed by atoms with Crippen molar-refractivity contribution in [1.29, 1.82) is 0 Å². The molecule has 4 heteroatoms. The van der Waals surface area contributed by atoms with Gasteiger partial charge in [0.05, 0.1) is 6.61 Å². The van der Waals surface area contributed by atoms with E-state index >= 15 is 0 Å². The zero-order valence-corrected chi connectivity index (χ0v) is 13.6. The number of halogens is 1. The summed E-state index contributed by atoms with van der Waals surface area (Å²) in [6.45, 7) is 4.23. The molecule has 2 aromatic rings. The van der Waals surface area contributed by atoms with Crippen molar-refractivity contribution in [3.8, 4) is 11.5 Å². The molecular weight excluding hydrogens is 298 g/mol. The molecular formula is C18H22ClNO2. The maximum Gasteiger partial charge on any atom is 0.121 e. The third kappa shape index (κ3) is 5.86. The van der Waals surface area contributed by atoms with Crippen LogP contribution in [-0.2, 0) is 0 Å². The van der Waals surface area contributed by atoms with E-state index in [0.717, 1.165) is 43.2 Å². The highest BCUT2D eigenvalue weighted by Crippen LogP contribution is 2.18. The van der Waals surface area contributed by atoms with Gasteiger partial charge in [0, 0.05) is 23.3 Å². The Kier molecular flexibility index (Phi) is 6.91. The van der Waals surface area contributed by atoms with Crippen molar-refractivity contribution in [3.05, 3.63) is 53.6 Å². The van der Waals surface area contributed by atoms with Crippen molar-refractivity contribution in [1.82, 2.24) is 0 Å². The Bertz CT molecular complexity index is 557. The smallest absolute Gasteiger partial charge is 0.121 e. The molecule has 0 aliphatic heterocycles. The quantitative estimate of drug-likeness (QED) is 0.659. The van der Waals surface area contributed by atoms with Gasteiger partial charge >= 0.3 is 0 Å². The second-order valence-corrected chi connectivity index (χ2v) is 5.40. The number of hydrogen-bond acceptors (Lipinski definition) is 3. The monoisotopic (exact) mass is 319 g/mol. The second-order valence-electron chi connectivity index (χ2n) is 4.96. The van der Waals surface area contributed by atoms with Crippen molar-refractivity contribution in [2.75, 3.05) is 25.1 Å². The van der Waals surface area contributed by atoms with Crippen molar-refractivity contribution >= 4 is 17.3 Å². The van der Waals surface area contributed by atoms with Gasteiger partial charge in [-0.15, -0.1) is 0 Å². The van der Waals surface area contributed by atoms with Crippen LogP contribution in [0.2, 0.25) is 5.02 Å². The third-order valence-corrected chi connectivity index (χ3v) is 3.37. The van der Waals surface area contributed by atoms with E-state index in [1.807, 2.05) is 48.5 Å². The Morgan fingerprint density at radius 2 is 1.73 bits per heavy atom. The Labute approximate surface area is 137 Å². The Morgan fingerprint density at radius 1 is 0.955 bits per heavy atom. The van der Waals surface area contributed by atoms with E-state index in [0.29, 0.717) is 11.6 Å². The van der Waals surface area contributed by atoms with E-state index in [1.165, 1.54) is 0 Å². The molecule has 0 fully saturated rings. The van der Waals surface area contributed by atoms with Crippen LogP contribution in [0.25, 0.3) is 0 Å². The van der Waals surface area contributed by atoms with Gasteiger partial charge in [0.1, 0.15) is 18.1 Å². The molecule has 0 aromatic heterocycles. The minimum atomic E-state index is 0.586. The van der Waals surface area contributed by atoms with E-state index in [1.54, 1.807) is 0 Å². The lowest BCUT2D eigenvalue weighted by atomic mass is 10.3. The SMILES string of the molecule is CCCCOc1cccc(NCCOc2ccc(Cl)cc2)c1.